The van der Waals surface area contributed by atoms with E-state index in [-0.39, 0.29) is 0 Å². The van der Waals surface area contributed by atoms with Gasteiger partial charge in [-0.15, -0.1) is 0 Å². The van der Waals surface area contributed by atoms with Crippen molar-refractivity contribution in [3.05, 3.63) is 61.3 Å². The van der Waals surface area contributed by atoms with E-state index in [0.29, 0.717) is 0 Å². The zero-order chi connectivity index (χ0) is 14.0. The number of rotatable bonds is 12. The summed E-state index contributed by atoms with van der Waals surface area (Å²) in [5.74, 6) is 0. The van der Waals surface area contributed by atoms with Crippen LogP contribution in [0, 0.1) is 0 Å². The van der Waals surface area contributed by atoms with Gasteiger partial charge in [-0.3, -0.25) is 0 Å². The smallest absolute Gasteiger partial charge is 0.0166 e. The minimum atomic E-state index is 1.03. The van der Waals surface area contributed by atoms with Crippen LogP contribution in [-0.4, -0.2) is 0 Å². The third-order valence-electron chi connectivity index (χ3n) is 2.85. The summed E-state index contributed by atoms with van der Waals surface area (Å²) in [5.41, 5.74) is 0. The molecule has 0 heterocycles. The van der Waals surface area contributed by atoms with Crippen LogP contribution in [0.3, 0.4) is 0 Å². The normalized spacial score (nSPS) is 12.5. The minimum absolute atomic E-state index is 1.03. The molecule has 0 aromatic rings. The summed E-state index contributed by atoms with van der Waals surface area (Å²) in [6, 6.07) is 0. The van der Waals surface area contributed by atoms with Crippen LogP contribution < -0.4 is 0 Å². The van der Waals surface area contributed by atoms with Crippen LogP contribution >= 0.6 is 0 Å². The second-order valence-corrected chi connectivity index (χ2v) is 4.63. The molecule has 0 aromatic carbocycles. The van der Waals surface area contributed by atoms with Crippen molar-refractivity contribution in [2.45, 2.75) is 58.3 Å². The first-order valence-electron chi connectivity index (χ1n) is 7.60. The van der Waals surface area contributed by atoms with E-state index in [1.807, 2.05) is 12.2 Å². The molecule has 0 bridgehead atoms. The molecule has 0 radical (unpaired) electrons. The van der Waals surface area contributed by atoms with E-state index < -0.39 is 0 Å². The van der Waals surface area contributed by atoms with Gasteiger partial charge in [0.2, 0.25) is 0 Å². The summed E-state index contributed by atoms with van der Waals surface area (Å²) in [7, 11) is 0. The molecule has 0 amide bonds. The molecule has 106 valence electrons. The molecular formula is C19H30. The molecule has 0 N–H and O–H groups in total. The zero-order valence-corrected chi connectivity index (χ0v) is 12.6. The second-order valence-electron chi connectivity index (χ2n) is 4.63. The van der Waals surface area contributed by atoms with Crippen LogP contribution in [0.4, 0.5) is 0 Å². The molecule has 0 aliphatic heterocycles. The maximum absolute atomic E-state index is 3.64. The number of allylic oxidation sites excluding steroid dienone is 9. The highest BCUT2D eigenvalue weighted by Gasteiger charge is 1.85. The van der Waals surface area contributed by atoms with Crippen molar-refractivity contribution in [2.24, 2.45) is 0 Å². The van der Waals surface area contributed by atoms with Crippen molar-refractivity contribution in [3.63, 3.8) is 0 Å². The van der Waals surface area contributed by atoms with Crippen molar-refractivity contribution in [2.75, 3.05) is 0 Å². The van der Waals surface area contributed by atoms with Crippen molar-refractivity contribution in [1.29, 1.82) is 0 Å². The first-order valence-corrected chi connectivity index (χ1v) is 7.60. The molecular weight excluding hydrogens is 228 g/mol. The second kappa shape index (κ2) is 16.7. The van der Waals surface area contributed by atoms with Crippen molar-refractivity contribution in [3.8, 4) is 0 Å². The van der Waals surface area contributed by atoms with Gasteiger partial charge in [0.15, 0.2) is 0 Å². The predicted molar refractivity (Wildman–Crippen MR) is 89.4 cm³/mol. The molecule has 0 rings (SSSR count). The van der Waals surface area contributed by atoms with E-state index in [0.717, 1.165) is 6.42 Å². The molecule has 0 nitrogen and oxygen atoms in total. The summed E-state index contributed by atoms with van der Waals surface area (Å²) in [6.07, 6.45) is 29.3. The topological polar surface area (TPSA) is 0 Å². The molecule has 0 atom stereocenters. The monoisotopic (exact) mass is 258 g/mol. The average Bonchev–Trinajstić information content (AvgIpc) is 2.43. The Labute approximate surface area is 120 Å². The highest BCUT2D eigenvalue weighted by molar-refractivity contribution is 5.01. The minimum Gasteiger partial charge on any atom is -0.0991 e. The van der Waals surface area contributed by atoms with Crippen LogP contribution in [-0.2, 0) is 0 Å². The largest absolute Gasteiger partial charge is 0.0991 e. The standard InChI is InChI=1S/C19H30/c1-3-5-7-9-11-13-15-17-19-18-16-14-12-10-8-6-4-2/h3-7,11-14H,1,8-10,15-19H2,2H3. The van der Waals surface area contributed by atoms with Gasteiger partial charge in [-0.25, -0.2) is 0 Å². The Morgan fingerprint density at radius 2 is 1.32 bits per heavy atom. The van der Waals surface area contributed by atoms with Crippen LogP contribution in [0.2, 0.25) is 0 Å². The van der Waals surface area contributed by atoms with Crippen LogP contribution in [0.15, 0.2) is 61.3 Å². The molecule has 0 unspecified atom stereocenters. The van der Waals surface area contributed by atoms with Gasteiger partial charge in [0, 0.05) is 0 Å². The maximum atomic E-state index is 3.64. The van der Waals surface area contributed by atoms with E-state index in [1.54, 1.807) is 0 Å². The lowest BCUT2D eigenvalue weighted by Gasteiger charge is -1.95. The Morgan fingerprint density at radius 3 is 2.00 bits per heavy atom. The molecule has 0 aromatic heterocycles. The van der Waals surface area contributed by atoms with Gasteiger partial charge >= 0.3 is 0 Å². The lowest BCUT2D eigenvalue weighted by atomic mass is 10.1. The Balaban J connectivity index is 3.22. The highest BCUT2D eigenvalue weighted by atomic mass is 13.9. The SMILES string of the molecule is C=CC=CCC=CCCCCCC=CCCC=CC. The van der Waals surface area contributed by atoms with E-state index in [9.17, 15) is 0 Å². The number of unbranched alkanes of at least 4 members (excludes halogenated alkanes) is 5. The maximum Gasteiger partial charge on any atom is -0.0166 e. The third kappa shape index (κ3) is 16.7. The van der Waals surface area contributed by atoms with Gasteiger partial charge in [0.1, 0.15) is 0 Å². The molecule has 0 saturated carbocycles. The Kier molecular flexibility index (Phi) is 15.6. The fourth-order valence-corrected chi connectivity index (χ4v) is 1.76. The Hall–Kier alpha value is -1.30. The van der Waals surface area contributed by atoms with Crippen LogP contribution in [0.5, 0.6) is 0 Å². The molecule has 0 saturated heterocycles. The molecule has 0 heteroatoms. The third-order valence-corrected chi connectivity index (χ3v) is 2.85. The molecule has 0 fully saturated rings. The van der Waals surface area contributed by atoms with Crippen molar-refractivity contribution < 1.29 is 0 Å². The van der Waals surface area contributed by atoms with Gasteiger partial charge in [-0.1, -0.05) is 67.7 Å². The van der Waals surface area contributed by atoms with Crippen molar-refractivity contribution >= 4 is 0 Å². The van der Waals surface area contributed by atoms with E-state index in [2.05, 4.69) is 56.0 Å². The lowest BCUT2D eigenvalue weighted by molar-refractivity contribution is 0.694. The fourth-order valence-electron chi connectivity index (χ4n) is 1.76. The fraction of sp³-hybridized carbons (Fsp3) is 0.474. The van der Waals surface area contributed by atoms with Crippen LogP contribution in [0.1, 0.15) is 58.3 Å². The quantitative estimate of drug-likeness (QED) is 0.212. The molecule has 0 aliphatic rings. The Bertz CT molecular complexity index is 289. The first kappa shape index (κ1) is 17.7. The molecule has 0 spiro atoms. The van der Waals surface area contributed by atoms with Gasteiger partial charge in [0.25, 0.3) is 0 Å². The molecule has 0 aliphatic carbocycles. The van der Waals surface area contributed by atoms with Gasteiger partial charge in [-0.2, -0.15) is 0 Å². The summed E-state index contributed by atoms with van der Waals surface area (Å²) in [6.45, 7) is 5.72. The summed E-state index contributed by atoms with van der Waals surface area (Å²) >= 11 is 0. The van der Waals surface area contributed by atoms with Crippen LogP contribution in [0.25, 0.3) is 0 Å². The summed E-state index contributed by atoms with van der Waals surface area (Å²) in [5, 5.41) is 0. The van der Waals surface area contributed by atoms with Crippen molar-refractivity contribution in [1.82, 2.24) is 0 Å². The highest BCUT2D eigenvalue weighted by Crippen LogP contribution is 2.05. The summed E-state index contributed by atoms with van der Waals surface area (Å²) < 4.78 is 0. The van der Waals surface area contributed by atoms with E-state index in [1.165, 1.54) is 44.9 Å². The lowest BCUT2D eigenvalue weighted by Crippen LogP contribution is -1.75. The van der Waals surface area contributed by atoms with Gasteiger partial charge in [-0.05, 0) is 51.9 Å². The van der Waals surface area contributed by atoms with E-state index in [4.69, 9.17) is 0 Å². The number of hydrogen-bond donors (Lipinski definition) is 0. The van der Waals surface area contributed by atoms with Gasteiger partial charge in [0.05, 0.1) is 0 Å². The predicted octanol–water partition coefficient (Wildman–Crippen LogP) is 6.54. The zero-order valence-electron chi connectivity index (χ0n) is 12.6. The first-order chi connectivity index (χ1) is 9.41. The summed E-state index contributed by atoms with van der Waals surface area (Å²) in [4.78, 5) is 0. The average molecular weight is 258 g/mol. The van der Waals surface area contributed by atoms with E-state index >= 15 is 0 Å². The van der Waals surface area contributed by atoms with Gasteiger partial charge < -0.3 is 0 Å². The Morgan fingerprint density at radius 1 is 0.684 bits per heavy atom. The molecule has 19 heavy (non-hydrogen) atoms. The number of hydrogen-bond acceptors (Lipinski definition) is 0.